The monoisotopic (exact) mass is 319 g/mol. The Morgan fingerprint density at radius 2 is 2.14 bits per heavy atom. The van der Waals surface area contributed by atoms with Gasteiger partial charge >= 0.3 is 0 Å². The molecular formula is C16H21N3O2S. The smallest absolute Gasteiger partial charge is 0.215 e. The number of nitrogens with one attached hydrogen (secondary N) is 2. The zero-order valence-corrected chi connectivity index (χ0v) is 13.3. The van der Waals surface area contributed by atoms with E-state index in [0.717, 1.165) is 42.4 Å². The molecule has 118 valence electrons. The summed E-state index contributed by atoms with van der Waals surface area (Å²) in [4.78, 5) is 4.31. The minimum Gasteiger partial charge on any atom is -0.316 e. The van der Waals surface area contributed by atoms with Crippen LogP contribution in [0.15, 0.2) is 36.5 Å². The average Bonchev–Trinajstić information content (AvgIpc) is 3.00. The summed E-state index contributed by atoms with van der Waals surface area (Å²) in [6.45, 7) is 2.54. The maximum atomic E-state index is 12.3. The fourth-order valence-corrected chi connectivity index (χ4v) is 4.09. The zero-order chi connectivity index (χ0) is 15.4. The number of fused-ring (bicyclic) bond motifs is 1. The molecule has 2 aromatic rings. The van der Waals surface area contributed by atoms with Crippen molar-refractivity contribution >= 4 is 20.9 Å². The number of aromatic nitrogens is 1. The normalized spacial score (nSPS) is 18.8. The van der Waals surface area contributed by atoms with E-state index in [-0.39, 0.29) is 5.75 Å². The van der Waals surface area contributed by atoms with Gasteiger partial charge in [0.25, 0.3) is 0 Å². The maximum absolute atomic E-state index is 12.3. The van der Waals surface area contributed by atoms with Gasteiger partial charge in [0.1, 0.15) is 0 Å². The summed E-state index contributed by atoms with van der Waals surface area (Å²) in [5.41, 5.74) is 1.50. The van der Waals surface area contributed by atoms with Crippen molar-refractivity contribution in [2.45, 2.75) is 18.6 Å². The molecule has 1 saturated heterocycles. The molecule has 6 heteroatoms. The number of benzene rings is 1. The van der Waals surface area contributed by atoms with E-state index in [1.807, 2.05) is 30.3 Å². The Morgan fingerprint density at radius 3 is 2.95 bits per heavy atom. The summed E-state index contributed by atoms with van der Waals surface area (Å²) >= 11 is 0. The summed E-state index contributed by atoms with van der Waals surface area (Å²) < 4.78 is 27.2. The molecule has 1 aromatic heterocycles. The Hall–Kier alpha value is -1.50. The SMILES string of the molecule is O=S(=O)(Cc1cccc2cccnc12)NCCC1CCNC1. The minimum absolute atomic E-state index is 0.0235. The molecule has 22 heavy (non-hydrogen) atoms. The molecule has 0 amide bonds. The Labute approximate surface area is 131 Å². The number of pyridine rings is 1. The van der Waals surface area contributed by atoms with Crippen LogP contribution in [0.25, 0.3) is 10.9 Å². The van der Waals surface area contributed by atoms with Crippen molar-refractivity contribution in [2.24, 2.45) is 5.92 Å². The van der Waals surface area contributed by atoms with Crippen LogP contribution in [0.1, 0.15) is 18.4 Å². The lowest BCUT2D eigenvalue weighted by Crippen LogP contribution is -2.28. The summed E-state index contributed by atoms with van der Waals surface area (Å²) in [5.74, 6) is 0.562. The van der Waals surface area contributed by atoms with Gasteiger partial charge in [-0.3, -0.25) is 4.98 Å². The highest BCUT2D eigenvalue weighted by Crippen LogP contribution is 2.18. The fraction of sp³-hybridized carbons (Fsp3) is 0.438. The van der Waals surface area contributed by atoms with Crippen molar-refractivity contribution in [1.82, 2.24) is 15.0 Å². The first-order valence-corrected chi connectivity index (χ1v) is 9.30. The Morgan fingerprint density at radius 1 is 1.27 bits per heavy atom. The van der Waals surface area contributed by atoms with Crippen LogP contribution in [0.3, 0.4) is 0 Å². The molecule has 1 aliphatic rings. The molecule has 5 nitrogen and oxygen atoms in total. The Bertz CT molecular complexity index is 735. The molecule has 2 N–H and O–H groups in total. The van der Waals surface area contributed by atoms with Crippen LogP contribution in [-0.4, -0.2) is 33.0 Å². The molecule has 1 atom stereocenters. The van der Waals surface area contributed by atoms with Crippen molar-refractivity contribution in [3.8, 4) is 0 Å². The van der Waals surface area contributed by atoms with Gasteiger partial charge < -0.3 is 5.32 Å². The van der Waals surface area contributed by atoms with E-state index in [1.165, 1.54) is 0 Å². The second kappa shape index (κ2) is 6.73. The van der Waals surface area contributed by atoms with Gasteiger partial charge in [0.05, 0.1) is 11.3 Å². The lowest BCUT2D eigenvalue weighted by molar-refractivity contribution is 0.519. The quantitative estimate of drug-likeness (QED) is 0.849. The van der Waals surface area contributed by atoms with Gasteiger partial charge in [0.2, 0.25) is 10.0 Å². The van der Waals surface area contributed by atoms with Crippen molar-refractivity contribution in [3.05, 3.63) is 42.1 Å². The molecule has 1 aliphatic heterocycles. The van der Waals surface area contributed by atoms with Crippen molar-refractivity contribution < 1.29 is 8.42 Å². The summed E-state index contributed by atoms with van der Waals surface area (Å²) in [7, 11) is -3.33. The zero-order valence-electron chi connectivity index (χ0n) is 12.5. The number of rotatable bonds is 6. The molecule has 1 fully saturated rings. The number of hydrogen-bond acceptors (Lipinski definition) is 4. The van der Waals surface area contributed by atoms with Crippen LogP contribution in [0.5, 0.6) is 0 Å². The third kappa shape index (κ3) is 3.82. The number of para-hydroxylation sites is 1. The van der Waals surface area contributed by atoms with E-state index in [0.29, 0.717) is 12.5 Å². The van der Waals surface area contributed by atoms with Crippen LogP contribution in [0, 0.1) is 5.92 Å². The van der Waals surface area contributed by atoms with E-state index in [9.17, 15) is 8.42 Å². The molecule has 0 bridgehead atoms. The summed E-state index contributed by atoms with van der Waals surface area (Å²) in [6, 6.07) is 9.45. The van der Waals surface area contributed by atoms with Gasteiger partial charge in [0, 0.05) is 18.1 Å². The number of nitrogens with zero attached hydrogens (tertiary/aromatic N) is 1. The van der Waals surface area contributed by atoms with Crippen LogP contribution in [0.4, 0.5) is 0 Å². The van der Waals surface area contributed by atoms with Gasteiger partial charge in [-0.25, -0.2) is 13.1 Å². The lowest BCUT2D eigenvalue weighted by Gasteiger charge is -2.11. The first kappa shape index (κ1) is 15.4. The van der Waals surface area contributed by atoms with E-state index < -0.39 is 10.0 Å². The number of sulfonamides is 1. The minimum atomic E-state index is -3.33. The first-order valence-electron chi connectivity index (χ1n) is 7.65. The summed E-state index contributed by atoms with van der Waals surface area (Å²) in [6.07, 6.45) is 3.72. The van der Waals surface area contributed by atoms with Crippen LogP contribution in [0.2, 0.25) is 0 Å². The van der Waals surface area contributed by atoms with Crippen LogP contribution in [-0.2, 0) is 15.8 Å². The molecule has 1 unspecified atom stereocenters. The van der Waals surface area contributed by atoms with Crippen LogP contribution >= 0.6 is 0 Å². The average molecular weight is 319 g/mol. The molecule has 1 aromatic carbocycles. The lowest BCUT2D eigenvalue weighted by atomic mass is 10.1. The van der Waals surface area contributed by atoms with Gasteiger partial charge in [-0.05, 0) is 43.5 Å². The highest BCUT2D eigenvalue weighted by Gasteiger charge is 2.17. The molecule has 0 radical (unpaired) electrons. The van der Waals surface area contributed by atoms with E-state index in [4.69, 9.17) is 0 Å². The van der Waals surface area contributed by atoms with Gasteiger partial charge in [-0.2, -0.15) is 0 Å². The second-order valence-electron chi connectivity index (χ2n) is 5.79. The standard InChI is InChI=1S/C16H21N3O2S/c20-22(21,19-10-7-13-6-9-17-11-13)12-15-4-1-3-14-5-2-8-18-16(14)15/h1-5,8,13,17,19H,6-7,9-12H2. The van der Waals surface area contributed by atoms with Gasteiger partial charge in [-0.15, -0.1) is 0 Å². The van der Waals surface area contributed by atoms with Gasteiger partial charge in [0.15, 0.2) is 0 Å². The predicted octanol–water partition coefficient (Wildman–Crippen LogP) is 1.65. The second-order valence-corrected chi connectivity index (χ2v) is 7.60. The Balaban J connectivity index is 1.65. The fourth-order valence-electron chi connectivity index (χ4n) is 2.92. The van der Waals surface area contributed by atoms with Crippen molar-refractivity contribution in [1.29, 1.82) is 0 Å². The molecule has 2 heterocycles. The number of hydrogen-bond donors (Lipinski definition) is 2. The third-order valence-electron chi connectivity index (χ3n) is 4.10. The predicted molar refractivity (Wildman–Crippen MR) is 88.0 cm³/mol. The highest BCUT2D eigenvalue weighted by molar-refractivity contribution is 7.88. The van der Waals surface area contributed by atoms with E-state index in [1.54, 1.807) is 6.20 Å². The molecule has 3 rings (SSSR count). The molecule has 0 spiro atoms. The molecule has 0 saturated carbocycles. The Kier molecular flexibility index (Phi) is 4.71. The highest BCUT2D eigenvalue weighted by atomic mass is 32.2. The van der Waals surface area contributed by atoms with Crippen molar-refractivity contribution in [2.75, 3.05) is 19.6 Å². The third-order valence-corrected chi connectivity index (χ3v) is 5.43. The molecular weight excluding hydrogens is 298 g/mol. The van der Waals surface area contributed by atoms with E-state index in [2.05, 4.69) is 15.0 Å². The topological polar surface area (TPSA) is 71.1 Å². The first-order chi connectivity index (χ1) is 10.6. The van der Waals surface area contributed by atoms with Crippen molar-refractivity contribution in [3.63, 3.8) is 0 Å². The van der Waals surface area contributed by atoms with Crippen LogP contribution < -0.4 is 10.0 Å². The van der Waals surface area contributed by atoms with Gasteiger partial charge in [-0.1, -0.05) is 24.3 Å². The summed E-state index contributed by atoms with van der Waals surface area (Å²) in [5, 5.41) is 4.26. The maximum Gasteiger partial charge on any atom is 0.215 e. The molecule has 0 aliphatic carbocycles. The largest absolute Gasteiger partial charge is 0.316 e. The van der Waals surface area contributed by atoms with E-state index >= 15 is 0 Å².